The van der Waals surface area contributed by atoms with Crippen molar-refractivity contribution in [2.24, 2.45) is 0 Å². The highest BCUT2D eigenvalue weighted by atomic mass is 16.5. The summed E-state index contributed by atoms with van der Waals surface area (Å²) in [5.74, 6) is 0.593. The van der Waals surface area contributed by atoms with Crippen LogP contribution in [-0.4, -0.2) is 60.1 Å². The van der Waals surface area contributed by atoms with Gasteiger partial charge in [0.05, 0.1) is 12.1 Å². The molecule has 26 heavy (non-hydrogen) atoms. The third-order valence-electron chi connectivity index (χ3n) is 4.78. The fourth-order valence-corrected chi connectivity index (χ4v) is 3.31. The smallest absolute Gasteiger partial charge is 0.254 e. The summed E-state index contributed by atoms with van der Waals surface area (Å²) in [6, 6.07) is 15.4. The Bertz CT molecular complexity index is 775. The van der Waals surface area contributed by atoms with Crippen LogP contribution >= 0.6 is 0 Å². The molecule has 0 unspecified atom stereocenters. The number of rotatable bonds is 5. The first-order valence-electron chi connectivity index (χ1n) is 8.86. The minimum atomic E-state index is -0.519. The minimum absolute atomic E-state index is 0.0281. The first-order valence-corrected chi connectivity index (χ1v) is 8.86. The summed E-state index contributed by atoms with van der Waals surface area (Å²) in [4.78, 5) is 16.4. The summed E-state index contributed by atoms with van der Waals surface area (Å²) in [7, 11) is 3.84. The average Bonchev–Trinajstić information content (AvgIpc) is 3.02. The number of likely N-dealkylation sites (tertiary alicyclic amines) is 1. The molecule has 5 heteroatoms. The highest BCUT2D eigenvalue weighted by Gasteiger charge is 2.35. The van der Waals surface area contributed by atoms with Crippen molar-refractivity contribution in [3.05, 3.63) is 65.2 Å². The van der Waals surface area contributed by atoms with Gasteiger partial charge < -0.3 is 19.6 Å². The predicted octanol–water partition coefficient (Wildman–Crippen LogP) is 2.32. The molecule has 0 bridgehead atoms. The third-order valence-corrected chi connectivity index (χ3v) is 4.78. The molecule has 1 saturated heterocycles. The molecule has 2 aromatic rings. The number of aliphatic hydroxyl groups is 1. The summed E-state index contributed by atoms with van der Waals surface area (Å²) in [6.07, 6.45) is -0.519. The maximum Gasteiger partial charge on any atom is 0.254 e. The number of β-amino-alcohol motifs (C(OH)–C–C–N with tert-alkyl or cyclic N) is 1. The SMILES string of the molecule is Cc1cccc(COc2cccc(C(=O)N3C[C@H](O)[C@@H](N(C)C)C3)c2)c1. The molecule has 0 spiro atoms. The van der Waals surface area contributed by atoms with Gasteiger partial charge in [-0.25, -0.2) is 0 Å². The van der Waals surface area contributed by atoms with Crippen LogP contribution in [-0.2, 0) is 6.61 Å². The van der Waals surface area contributed by atoms with Crippen molar-refractivity contribution in [1.82, 2.24) is 9.80 Å². The molecular weight excluding hydrogens is 328 g/mol. The van der Waals surface area contributed by atoms with Gasteiger partial charge in [-0.15, -0.1) is 0 Å². The fraction of sp³-hybridized carbons (Fsp3) is 0.381. The first kappa shape index (κ1) is 18.4. The van der Waals surface area contributed by atoms with Gasteiger partial charge in [0.1, 0.15) is 12.4 Å². The van der Waals surface area contributed by atoms with Crippen molar-refractivity contribution in [2.75, 3.05) is 27.2 Å². The maximum atomic E-state index is 12.8. The predicted molar refractivity (Wildman–Crippen MR) is 101 cm³/mol. The second-order valence-electron chi connectivity index (χ2n) is 7.11. The Morgan fingerprint density at radius 2 is 1.96 bits per heavy atom. The van der Waals surface area contributed by atoms with Gasteiger partial charge in [-0.05, 0) is 44.8 Å². The number of amides is 1. The minimum Gasteiger partial charge on any atom is -0.489 e. The van der Waals surface area contributed by atoms with E-state index in [1.807, 2.05) is 56.3 Å². The summed E-state index contributed by atoms with van der Waals surface area (Å²) in [6.45, 7) is 3.40. The highest BCUT2D eigenvalue weighted by molar-refractivity contribution is 5.94. The lowest BCUT2D eigenvalue weighted by atomic mass is 10.1. The Hall–Kier alpha value is -2.37. The number of likely N-dealkylation sites (N-methyl/N-ethyl adjacent to an activating group) is 1. The van der Waals surface area contributed by atoms with E-state index in [0.717, 1.165) is 5.56 Å². The highest BCUT2D eigenvalue weighted by Crippen LogP contribution is 2.20. The van der Waals surface area contributed by atoms with E-state index in [4.69, 9.17) is 4.74 Å². The Labute approximate surface area is 154 Å². The van der Waals surface area contributed by atoms with Crippen LogP contribution in [0.15, 0.2) is 48.5 Å². The number of carbonyl (C=O) groups excluding carboxylic acids is 1. The number of hydrogen-bond acceptors (Lipinski definition) is 4. The molecule has 0 saturated carbocycles. The molecule has 1 aliphatic heterocycles. The van der Waals surface area contributed by atoms with Crippen LogP contribution < -0.4 is 4.74 Å². The summed E-state index contributed by atoms with van der Waals surface area (Å²) in [5, 5.41) is 10.2. The molecule has 0 aliphatic carbocycles. The Morgan fingerprint density at radius 3 is 2.65 bits per heavy atom. The van der Waals surface area contributed by atoms with Crippen molar-refractivity contribution in [1.29, 1.82) is 0 Å². The van der Waals surface area contributed by atoms with E-state index in [9.17, 15) is 9.90 Å². The van der Waals surface area contributed by atoms with Gasteiger partial charge >= 0.3 is 0 Å². The van der Waals surface area contributed by atoms with Crippen LogP contribution in [0.3, 0.4) is 0 Å². The molecule has 2 aromatic carbocycles. The lowest BCUT2D eigenvalue weighted by molar-refractivity contribution is 0.0763. The van der Waals surface area contributed by atoms with Gasteiger partial charge in [0.15, 0.2) is 0 Å². The monoisotopic (exact) mass is 354 g/mol. The van der Waals surface area contributed by atoms with E-state index in [0.29, 0.717) is 31.0 Å². The first-order chi connectivity index (χ1) is 12.4. The van der Waals surface area contributed by atoms with Crippen molar-refractivity contribution < 1.29 is 14.6 Å². The molecular formula is C21H26N2O3. The summed E-state index contributed by atoms with van der Waals surface area (Å²) >= 11 is 0. The molecule has 0 aromatic heterocycles. The number of nitrogens with zero attached hydrogens (tertiary/aromatic N) is 2. The van der Waals surface area contributed by atoms with Gasteiger partial charge in [0.25, 0.3) is 5.91 Å². The molecule has 1 N–H and O–H groups in total. The summed E-state index contributed by atoms with van der Waals surface area (Å²) < 4.78 is 5.85. The fourth-order valence-electron chi connectivity index (χ4n) is 3.31. The molecule has 1 fully saturated rings. The lowest BCUT2D eigenvalue weighted by Gasteiger charge is -2.21. The quantitative estimate of drug-likeness (QED) is 0.895. The topological polar surface area (TPSA) is 53.0 Å². The second kappa shape index (κ2) is 7.89. The molecule has 2 atom stereocenters. The number of ether oxygens (including phenoxy) is 1. The normalized spacial score (nSPS) is 19.8. The van der Waals surface area contributed by atoms with Gasteiger partial charge in [-0.1, -0.05) is 35.9 Å². The van der Waals surface area contributed by atoms with E-state index >= 15 is 0 Å². The average molecular weight is 354 g/mol. The van der Waals surface area contributed by atoms with Gasteiger partial charge in [-0.3, -0.25) is 4.79 Å². The van der Waals surface area contributed by atoms with Gasteiger partial charge in [0.2, 0.25) is 0 Å². The standard InChI is InChI=1S/C21H26N2O3/c1-15-6-4-7-16(10-15)14-26-18-9-5-8-17(11-18)21(25)23-12-19(22(2)3)20(24)13-23/h4-11,19-20,24H,12-14H2,1-3H3/t19-,20-/m0/s1. The Kier molecular flexibility index (Phi) is 5.59. The van der Waals surface area contributed by atoms with E-state index in [-0.39, 0.29) is 11.9 Å². The molecule has 3 rings (SSSR count). The van der Waals surface area contributed by atoms with Crippen LogP contribution in [0, 0.1) is 6.92 Å². The number of benzene rings is 2. The maximum absolute atomic E-state index is 12.8. The number of carbonyl (C=O) groups is 1. The Morgan fingerprint density at radius 1 is 1.19 bits per heavy atom. The Balaban J connectivity index is 1.66. The van der Waals surface area contributed by atoms with Crippen LogP contribution in [0.25, 0.3) is 0 Å². The molecule has 1 heterocycles. The molecule has 0 radical (unpaired) electrons. The number of aliphatic hydroxyl groups excluding tert-OH is 1. The lowest BCUT2D eigenvalue weighted by Crippen LogP contribution is -2.38. The molecule has 5 nitrogen and oxygen atoms in total. The van der Waals surface area contributed by atoms with Crippen molar-refractivity contribution in [2.45, 2.75) is 25.7 Å². The van der Waals surface area contributed by atoms with Crippen LogP contribution in [0.1, 0.15) is 21.5 Å². The third kappa shape index (κ3) is 4.23. The molecule has 138 valence electrons. The molecule has 1 amide bonds. The molecule has 1 aliphatic rings. The van der Waals surface area contributed by atoms with Crippen LogP contribution in [0.4, 0.5) is 0 Å². The van der Waals surface area contributed by atoms with Crippen molar-refractivity contribution in [3.63, 3.8) is 0 Å². The van der Waals surface area contributed by atoms with E-state index in [1.54, 1.807) is 17.0 Å². The van der Waals surface area contributed by atoms with Gasteiger partial charge in [-0.2, -0.15) is 0 Å². The van der Waals surface area contributed by atoms with Crippen molar-refractivity contribution >= 4 is 5.91 Å². The zero-order chi connectivity index (χ0) is 18.7. The zero-order valence-electron chi connectivity index (χ0n) is 15.6. The largest absolute Gasteiger partial charge is 0.489 e. The second-order valence-corrected chi connectivity index (χ2v) is 7.11. The van der Waals surface area contributed by atoms with Crippen molar-refractivity contribution in [3.8, 4) is 5.75 Å². The van der Waals surface area contributed by atoms with E-state index in [1.165, 1.54) is 5.56 Å². The number of hydrogen-bond donors (Lipinski definition) is 1. The van der Waals surface area contributed by atoms with Crippen LogP contribution in [0.2, 0.25) is 0 Å². The number of aryl methyl sites for hydroxylation is 1. The van der Waals surface area contributed by atoms with E-state index in [2.05, 4.69) is 6.07 Å². The summed E-state index contributed by atoms with van der Waals surface area (Å²) in [5.41, 5.74) is 2.87. The van der Waals surface area contributed by atoms with E-state index < -0.39 is 6.10 Å². The van der Waals surface area contributed by atoms with Crippen LogP contribution in [0.5, 0.6) is 5.75 Å². The van der Waals surface area contributed by atoms with Gasteiger partial charge in [0, 0.05) is 18.7 Å². The zero-order valence-corrected chi connectivity index (χ0v) is 15.6.